The number of aliphatic hydroxyl groups is 1. The summed E-state index contributed by atoms with van der Waals surface area (Å²) in [5, 5.41) is 9.78. The van der Waals surface area contributed by atoms with E-state index in [2.05, 4.69) is 15.9 Å². The summed E-state index contributed by atoms with van der Waals surface area (Å²) in [6.07, 6.45) is -0.0968. The highest BCUT2D eigenvalue weighted by atomic mass is 79.9. The van der Waals surface area contributed by atoms with Crippen LogP contribution in [0, 0.1) is 0 Å². The average molecular weight is 344 g/mol. The fraction of sp³-hybridized carbons (Fsp3) is 0.500. The third kappa shape index (κ3) is 3.31. The molecule has 1 aromatic carbocycles. The third-order valence-electron chi connectivity index (χ3n) is 3.47. The van der Waals surface area contributed by atoms with Crippen LogP contribution < -0.4 is 4.74 Å². The highest BCUT2D eigenvalue weighted by Crippen LogP contribution is 2.28. The topological polar surface area (TPSA) is 59.0 Å². The van der Waals surface area contributed by atoms with Gasteiger partial charge in [-0.1, -0.05) is 15.9 Å². The zero-order chi connectivity index (χ0) is 14.7. The Balaban J connectivity index is 2.19. The van der Waals surface area contributed by atoms with Crippen LogP contribution in [0.3, 0.4) is 0 Å². The molecule has 0 aliphatic carbocycles. The summed E-state index contributed by atoms with van der Waals surface area (Å²) >= 11 is 3.43. The van der Waals surface area contributed by atoms with Gasteiger partial charge in [0.1, 0.15) is 11.8 Å². The van der Waals surface area contributed by atoms with Crippen LogP contribution >= 0.6 is 15.9 Å². The normalized spacial score (nSPS) is 22.8. The van der Waals surface area contributed by atoms with Crippen LogP contribution in [-0.4, -0.2) is 48.9 Å². The molecular formula is C14H18BrNO4. The number of carbonyl (C=O) groups excluding carboxylic acids is 1. The van der Waals surface area contributed by atoms with Gasteiger partial charge >= 0.3 is 5.97 Å². The summed E-state index contributed by atoms with van der Waals surface area (Å²) in [4.78, 5) is 13.7. The van der Waals surface area contributed by atoms with Crippen LogP contribution in [-0.2, 0) is 16.1 Å². The van der Waals surface area contributed by atoms with Crippen molar-refractivity contribution >= 4 is 21.9 Å². The molecule has 5 nitrogen and oxygen atoms in total. The maximum absolute atomic E-state index is 11.8. The van der Waals surface area contributed by atoms with Gasteiger partial charge in [-0.25, -0.2) is 0 Å². The monoisotopic (exact) mass is 343 g/mol. The molecule has 1 heterocycles. The summed E-state index contributed by atoms with van der Waals surface area (Å²) in [7, 11) is 2.98. The first-order valence-electron chi connectivity index (χ1n) is 6.37. The molecule has 1 aliphatic heterocycles. The van der Waals surface area contributed by atoms with Crippen LogP contribution in [0.1, 0.15) is 12.0 Å². The second kappa shape index (κ2) is 6.56. The molecule has 1 saturated heterocycles. The van der Waals surface area contributed by atoms with Crippen molar-refractivity contribution in [3.63, 3.8) is 0 Å². The van der Waals surface area contributed by atoms with Crippen LogP contribution in [0.2, 0.25) is 0 Å². The number of halogens is 1. The van der Waals surface area contributed by atoms with Crippen molar-refractivity contribution in [2.45, 2.75) is 25.1 Å². The van der Waals surface area contributed by atoms with Gasteiger partial charge in [0.05, 0.1) is 20.3 Å². The molecule has 0 amide bonds. The smallest absolute Gasteiger partial charge is 0.323 e. The van der Waals surface area contributed by atoms with Crippen LogP contribution in [0.4, 0.5) is 0 Å². The van der Waals surface area contributed by atoms with Crippen molar-refractivity contribution in [3.05, 3.63) is 28.2 Å². The SMILES string of the molecule is COC(=O)C1CC(O)CN1Cc1cc(Br)ccc1OC. The van der Waals surface area contributed by atoms with Crippen LogP contribution in [0.25, 0.3) is 0 Å². The van der Waals surface area contributed by atoms with E-state index in [0.717, 1.165) is 15.8 Å². The number of hydrogen-bond acceptors (Lipinski definition) is 5. The fourth-order valence-electron chi connectivity index (χ4n) is 2.52. The van der Waals surface area contributed by atoms with E-state index in [-0.39, 0.29) is 5.97 Å². The van der Waals surface area contributed by atoms with E-state index in [0.29, 0.717) is 19.5 Å². The molecule has 1 fully saturated rings. The Labute approximate surface area is 126 Å². The number of likely N-dealkylation sites (tertiary alicyclic amines) is 1. The van der Waals surface area contributed by atoms with Gasteiger partial charge in [0.2, 0.25) is 0 Å². The Bertz CT molecular complexity index is 494. The van der Waals surface area contributed by atoms with Crippen molar-refractivity contribution in [1.29, 1.82) is 0 Å². The molecule has 6 heteroatoms. The Kier molecular flexibility index (Phi) is 5.01. The first kappa shape index (κ1) is 15.3. The molecule has 2 unspecified atom stereocenters. The average Bonchev–Trinajstić information content (AvgIpc) is 2.79. The minimum absolute atomic E-state index is 0.310. The molecular weight excluding hydrogens is 326 g/mol. The van der Waals surface area contributed by atoms with Gasteiger partial charge in [0, 0.05) is 29.5 Å². The second-order valence-corrected chi connectivity index (χ2v) is 5.73. The number of esters is 1. The standard InChI is InChI=1S/C14H18BrNO4/c1-19-13-4-3-10(15)5-9(13)7-16-8-11(17)6-12(16)14(18)20-2/h3-5,11-12,17H,6-8H2,1-2H3. The molecule has 0 radical (unpaired) electrons. The first-order valence-corrected chi connectivity index (χ1v) is 7.16. The molecule has 0 bridgehead atoms. The van der Waals surface area contributed by atoms with Gasteiger partial charge in [-0.15, -0.1) is 0 Å². The molecule has 0 saturated carbocycles. The molecule has 2 rings (SSSR count). The summed E-state index contributed by atoms with van der Waals surface area (Å²) in [5.41, 5.74) is 0.963. The van der Waals surface area contributed by atoms with Crippen LogP contribution in [0.5, 0.6) is 5.75 Å². The molecule has 1 aliphatic rings. The van der Waals surface area contributed by atoms with Crippen molar-refractivity contribution in [2.75, 3.05) is 20.8 Å². The molecule has 0 spiro atoms. The van der Waals surface area contributed by atoms with E-state index in [1.165, 1.54) is 7.11 Å². The van der Waals surface area contributed by atoms with E-state index in [1.54, 1.807) is 7.11 Å². The number of nitrogens with zero attached hydrogens (tertiary/aromatic N) is 1. The number of β-amino-alcohol motifs (C(OH)–C–C–N with tert-alkyl or cyclic N) is 1. The molecule has 110 valence electrons. The number of carbonyl (C=O) groups is 1. The predicted molar refractivity (Wildman–Crippen MR) is 77.5 cm³/mol. The van der Waals surface area contributed by atoms with Gasteiger partial charge in [-0.2, -0.15) is 0 Å². The molecule has 1 aromatic rings. The van der Waals surface area contributed by atoms with Gasteiger partial charge in [0.15, 0.2) is 0 Å². The van der Waals surface area contributed by atoms with Crippen molar-refractivity contribution in [3.8, 4) is 5.75 Å². The number of aliphatic hydroxyl groups excluding tert-OH is 1. The molecule has 1 N–H and O–H groups in total. The quantitative estimate of drug-likeness (QED) is 0.841. The zero-order valence-corrected chi connectivity index (χ0v) is 13.1. The second-order valence-electron chi connectivity index (χ2n) is 4.81. The lowest BCUT2D eigenvalue weighted by Gasteiger charge is -2.23. The number of hydrogen-bond donors (Lipinski definition) is 1. The van der Waals surface area contributed by atoms with Crippen molar-refractivity contribution < 1.29 is 19.4 Å². The number of methoxy groups -OCH3 is 2. The number of ether oxygens (including phenoxy) is 2. The van der Waals surface area contributed by atoms with Gasteiger partial charge in [-0.3, -0.25) is 9.69 Å². The lowest BCUT2D eigenvalue weighted by molar-refractivity contribution is -0.146. The number of benzene rings is 1. The predicted octanol–water partition coefficient (Wildman–Crippen LogP) is 1.57. The first-order chi connectivity index (χ1) is 9.55. The Hall–Kier alpha value is -1.11. The van der Waals surface area contributed by atoms with Crippen LogP contribution in [0.15, 0.2) is 22.7 Å². The maximum Gasteiger partial charge on any atom is 0.323 e. The summed E-state index contributed by atoms with van der Waals surface area (Å²) in [6.45, 7) is 0.981. The summed E-state index contributed by atoms with van der Waals surface area (Å²) in [5.74, 6) is 0.453. The lowest BCUT2D eigenvalue weighted by Crippen LogP contribution is -2.36. The molecule has 20 heavy (non-hydrogen) atoms. The van der Waals surface area contributed by atoms with Gasteiger partial charge < -0.3 is 14.6 Å². The Morgan fingerprint density at radius 3 is 2.90 bits per heavy atom. The van der Waals surface area contributed by atoms with Crippen molar-refractivity contribution in [2.24, 2.45) is 0 Å². The summed E-state index contributed by atoms with van der Waals surface area (Å²) in [6, 6.07) is 5.33. The van der Waals surface area contributed by atoms with Gasteiger partial charge in [-0.05, 0) is 18.2 Å². The van der Waals surface area contributed by atoms with Crippen molar-refractivity contribution in [1.82, 2.24) is 4.90 Å². The van der Waals surface area contributed by atoms with E-state index in [4.69, 9.17) is 9.47 Å². The van der Waals surface area contributed by atoms with Gasteiger partial charge in [0.25, 0.3) is 0 Å². The van der Waals surface area contributed by atoms with E-state index >= 15 is 0 Å². The van der Waals surface area contributed by atoms with E-state index in [1.807, 2.05) is 23.1 Å². The minimum Gasteiger partial charge on any atom is -0.496 e. The minimum atomic E-state index is -0.503. The summed E-state index contributed by atoms with van der Waals surface area (Å²) < 4.78 is 11.1. The largest absolute Gasteiger partial charge is 0.496 e. The Morgan fingerprint density at radius 2 is 2.25 bits per heavy atom. The number of rotatable bonds is 4. The molecule has 2 atom stereocenters. The highest BCUT2D eigenvalue weighted by Gasteiger charge is 2.36. The Morgan fingerprint density at radius 1 is 1.50 bits per heavy atom. The third-order valence-corrected chi connectivity index (χ3v) is 3.96. The maximum atomic E-state index is 11.8. The fourth-order valence-corrected chi connectivity index (χ4v) is 2.93. The highest BCUT2D eigenvalue weighted by molar-refractivity contribution is 9.10. The van der Waals surface area contributed by atoms with E-state index in [9.17, 15) is 9.90 Å². The van der Waals surface area contributed by atoms with E-state index < -0.39 is 12.1 Å². The zero-order valence-electron chi connectivity index (χ0n) is 11.5. The molecule has 0 aromatic heterocycles. The lowest BCUT2D eigenvalue weighted by atomic mass is 10.1.